The minimum atomic E-state index is -0.437. The molecule has 0 unspecified atom stereocenters. The zero-order valence-electron chi connectivity index (χ0n) is 12.0. The molecule has 2 rings (SSSR count). The lowest BCUT2D eigenvalue weighted by Gasteiger charge is -2.09. The maximum Gasteiger partial charge on any atom is 0.353 e. The van der Waals surface area contributed by atoms with Crippen LogP contribution in [0.5, 0.6) is 11.5 Å². The number of methoxy groups -OCH3 is 1. The maximum atomic E-state index is 11.9. The molecule has 0 saturated heterocycles. The van der Waals surface area contributed by atoms with Crippen molar-refractivity contribution < 1.29 is 19.1 Å². The molecule has 1 N–H and O–H groups in total. The zero-order chi connectivity index (χ0) is 15.9. The summed E-state index contributed by atoms with van der Waals surface area (Å²) in [7, 11) is 1.48. The predicted molar refractivity (Wildman–Crippen MR) is 83.7 cm³/mol. The monoisotopic (exact) mass is 318 g/mol. The number of thiophene rings is 1. The summed E-state index contributed by atoms with van der Waals surface area (Å²) in [5.74, 6) is 0.0203. The summed E-state index contributed by atoms with van der Waals surface area (Å²) in [5, 5.41) is 5.56. The Kier molecular flexibility index (Phi) is 5.26. The highest BCUT2D eigenvalue weighted by molar-refractivity contribution is 7.12. The first kappa shape index (κ1) is 15.7. The number of benzene rings is 1. The fraction of sp³-hybridized carbons (Fsp3) is 0.133. The average Bonchev–Trinajstić information content (AvgIpc) is 3.02. The summed E-state index contributed by atoms with van der Waals surface area (Å²) in [6.45, 7) is 1.37. The molecule has 1 amide bonds. The van der Waals surface area contributed by atoms with E-state index in [1.54, 1.807) is 35.7 Å². The highest BCUT2D eigenvalue weighted by Gasteiger charge is 2.13. The van der Waals surface area contributed by atoms with Crippen molar-refractivity contribution in [3.63, 3.8) is 0 Å². The topological polar surface area (TPSA) is 77.0 Å². The standard InChI is InChI=1S/C15H14N2O4S/c1-10(18)17-16-9-11-5-6-12(13(8-11)20-2)21-15(19)14-4-3-7-22-14/h3-9H,1-2H3,(H,17,18)/b16-9+. The summed E-state index contributed by atoms with van der Waals surface area (Å²) in [6, 6.07) is 8.43. The fourth-order valence-electron chi connectivity index (χ4n) is 1.59. The molecule has 0 aliphatic rings. The molecule has 0 saturated carbocycles. The summed E-state index contributed by atoms with van der Waals surface area (Å²) in [5.41, 5.74) is 3.00. The Morgan fingerprint density at radius 2 is 2.09 bits per heavy atom. The number of esters is 1. The molecule has 6 nitrogen and oxygen atoms in total. The first-order chi connectivity index (χ1) is 10.6. The molecule has 1 heterocycles. The number of hydrogen-bond acceptors (Lipinski definition) is 6. The number of carbonyl (C=O) groups is 2. The van der Waals surface area contributed by atoms with Crippen molar-refractivity contribution >= 4 is 29.4 Å². The van der Waals surface area contributed by atoms with Crippen LogP contribution in [-0.2, 0) is 4.79 Å². The Morgan fingerprint density at radius 1 is 1.27 bits per heavy atom. The molecule has 0 aliphatic heterocycles. The Bertz CT molecular complexity index is 696. The number of hydrazone groups is 1. The normalized spacial score (nSPS) is 10.5. The van der Waals surface area contributed by atoms with E-state index in [2.05, 4.69) is 10.5 Å². The molecule has 0 aliphatic carbocycles. The highest BCUT2D eigenvalue weighted by Crippen LogP contribution is 2.28. The number of carbonyl (C=O) groups excluding carboxylic acids is 2. The molecule has 7 heteroatoms. The van der Waals surface area contributed by atoms with Crippen LogP contribution in [0, 0.1) is 0 Å². The second-order valence-electron chi connectivity index (χ2n) is 4.20. The second-order valence-corrected chi connectivity index (χ2v) is 5.15. The van der Waals surface area contributed by atoms with Crippen LogP contribution in [-0.4, -0.2) is 25.2 Å². The van der Waals surface area contributed by atoms with Gasteiger partial charge in [0.25, 0.3) is 0 Å². The molecule has 0 fully saturated rings. The largest absolute Gasteiger partial charge is 0.493 e. The SMILES string of the molecule is COc1cc(/C=N/NC(C)=O)ccc1OC(=O)c1cccs1. The number of ether oxygens (including phenoxy) is 2. The Hall–Kier alpha value is -2.67. The Morgan fingerprint density at radius 3 is 2.73 bits per heavy atom. The number of nitrogens with zero attached hydrogens (tertiary/aromatic N) is 1. The van der Waals surface area contributed by atoms with Gasteiger partial charge in [0, 0.05) is 6.92 Å². The van der Waals surface area contributed by atoms with E-state index in [9.17, 15) is 9.59 Å². The number of nitrogens with one attached hydrogen (secondary N) is 1. The van der Waals surface area contributed by atoms with Gasteiger partial charge >= 0.3 is 5.97 Å². The summed E-state index contributed by atoms with van der Waals surface area (Å²) in [6.07, 6.45) is 1.47. The van der Waals surface area contributed by atoms with Gasteiger partial charge in [0.2, 0.25) is 5.91 Å². The first-order valence-corrected chi connectivity index (χ1v) is 7.21. The van der Waals surface area contributed by atoms with E-state index in [1.807, 2.05) is 0 Å². The van der Waals surface area contributed by atoms with Crippen molar-refractivity contribution in [2.45, 2.75) is 6.92 Å². The van der Waals surface area contributed by atoms with E-state index in [-0.39, 0.29) is 5.91 Å². The van der Waals surface area contributed by atoms with E-state index in [0.717, 1.165) is 0 Å². The van der Waals surface area contributed by atoms with E-state index in [1.165, 1.54) is 31.6 Å². The van der Waals surface area contributed by atoms with Gasteiger partial charge in [-0.2, -0.15) is 5.10 Å². The molecule has 1 aromatic carbocycles. The predicted octanol–water partition coefficient (Wildman–Crippen LogP) is 2.45. The molecular weight excluding hydrogens is 304 g/mol. The average molecular weight is 318 g/mol. The van der Waals surface area contributed by atoms with Crippen LogP contribution in [0.3, 0.4) is 0 Å². The molecule has 1 aromatic heterocycles. The minimum absolute atomic E-state index is 0.260. The molecule has 0 radical (unpaired) electrons. The van der Waals surface area contributed by atoms with E-state index >= 15 is 0 Å². The molecule has 0 bridgehead atoms. The highest BCUT2D eigenvalue weighted by atomic mass is 32.1. The molecule has 0 atom stereocenters. The van der Waals surface area contributed by atoms with Gasteiger partial charge in [-0.25, -0.2) is 10.2 Å². The lowest BCUT2D eigenvalue weighted by Crippen LogP contribution is -2.12. The van der Waals surface area contributed by atoms with Crippen LogP contribution < -0.4 is 14.9 Å². The van der Waals surface area contributed by atoms with Crippen molar-refractivity contribution in [1.82, 2.24) is 5.43 Å². The minimum Gasteiger partial charge on any atom is -0.493 e. The molecule has 114 valence electrons. The van der Waals surface area contributed by atoms with Gasteiger partial charge < -0.3 is 9.47 Å². The van der Waals surface area contributed by atoms with Crippen LogP contribution in [0.15, 0.2) is 40.8 Å². The molecular formula is C15H14N2O4S. The van der Waals surface area contributed by atoms with E-state index in [4.69, 9.17) is 9.47 Å². The van der Waals surface area contributed by atoms with Gasteiger partial charge in [0.1, 0.15) is 4.88 Å². The molecule has 0 spiro atoms. The fourth-order valence-corrected chi connectivity index (χ4v) is 2.19. The smallest absolute Gasteiger partial charge is 0.353 e. The third kappa shape index (κ3) is 4.16. The van der Waals surface area contributed by atoms with Gasteiger partial charge in [-0.1, -0.05) is 6.07 Å². The zero-order valence-corrected chi connectivity index (χ0v) is 12.8. The third-order valence-electron chi connectivity index (χ3n) is 2.55. The van der Waals surface area contributed by atoms with Crippen molar-refractivity contribution in [3.8, 4) is 11.5 Å². The van der Waals surface area contributed by atoms with E-state index in [0.29, 0.717) is 21.9 Å². The lowest BCUT2D eigenvalue weighted by atomic mass is 10.2. The second kappa shape index (κ2) is 7.37. The summed E-state index contributed by atoms with van der Waals surface area (Å²) < 4.78 is 10.5. The lowest BCUT2D eigenvalue weighted by molar-refractivity contribution is -0.118. The molecule has 22 heavy (non-hydrogen) atoms. The summed E-state index contributed by atoms with van der Waals surface area (Å²) >= 11 is 1.30. The summed E-state index contributed by atoms with van der Waals surface area (Å²) in [4.78, 5) is 23.2. The van der Waals surface area contributed by atoms with Gasteiger partial charge in [-0.3, -0.25) is 4.79 Å². The third-order valence-corrected chi connectivity index (χ3v) is 3.40. The quantitative estimate of drug-likeness (QED) is 0.397. The van der Waals surface area contributed by atoms with Crippen LogP contribution in [0.1, 0.15) is 22.2 Å². The van der Waals surface area contributed by atoms with Crippen LogP contribution in [0.4, 0.5) is 0 Å². The Balaban J connectivity index is 2.14. The van der Waals surface area contributed by atoms with Crippen molar-refractivity contribution in [2.75, 3.05) is 7.11 Å². The van der Waals surface area contributed by atoms with Crippen molar-refractivity contribution in [2.24, 2.45) is 5.10 Å². The van der Waals surface area contributed by atoms with Gasteiger partial charge in [-0.15, -0.1) is 11.3 Å². The maximum absolute atomic E-state index is 11.9. The van der Waals surface area contributed by atoms with E-state index < -0.39 is 5.97 Å². The van der Waals surface area contributed by atoms with Crippen molar-refractivity contribution in [3.05, 3.63) is 46.2 Å². The molecule has 2 aromatic rings. The van der Waals surface area contributed by atoms with Crippen LogP contribution >= 0.6 is 11.3 Å². The van der Waals surface area contributed by atoms with Crippen LogP contribution in [0.2, 0.25) is 0 Å². The number of hydrogen-bond donors (Lipinski definition) is 1. The number of amides is 1. The van der Waals surface area contributed by atoms with Gasteiger partial charge in [-0.05, 0) is 35.2 Å². The van der Waals surface area contributed by atoms with Crippen molar-refractivity contribution in [1.29, 1.82) is 0 Å². The number of rotatable bonds is 5. The van der Waals surface area contributed by atoms with Crippen LogP contribution in [0.25, 0.3) is 0 Å². The van der Waals surface area contributed by atoms with Gasteiger partial charge in [0.15, 0.2) is 11.5 Å². The van der Waals surface area contributed by atoms with Gasteiger partial charge in [0.05, 0.1) is 13.3 Å². The first-order valence-electron chi connectivity index (χ1n) is 6.33. The Labute approximate surface area is 131 Å².